The van der Waals surface area contributed by atoms with Gasteiger partial charge in [0, 0.05) is 16.7 Å². The van der Waals surface area contributed by atoms with Gasteiger partial charge < -0.3 is 14.6 Å². The van der Waals surface area contributed by atoms with Crippen molar-refractivity contribution in [3.05, 3.63) is 82.9 Å². The maximum absolute atomic E-state index is 11.2. The molecule has 3 aromatic carbocycles. The van der Waals surface area contributed by atoms with Crippen molar-refractivity contribution in [2.24, 2.45) is 10.1 Å². The molecule has 3 aromatic rings. The number of benzene rings is 3. The molecule has 0 amide bonds. The monoisotopic (exact) mass is 515 g/mol. The molecule has 0 unspecified atom stereocenters. The van der Waals surface area contributed by atoms with E-state index in [0.717, 1.165) is 34.4 Å². The molecule has 0 aromatic heterocycles. The summed E-state index contributed by atoms with van der Waals surface area (Å²) < 4.78 is 11.3. The van der Waals surface area contributed by atoms with Gasteiger partial charge in [0.05, 0.1) is 25.6 Å². The molecule has 0 atom stereocenters. The summed E-state index contributed by atoms with van der Waals surface area (Å²) in [6.45, 7) is 15.3. The molecule has 0 aliphatic heterocycles. The number of hydrogen-bond acceptors (Lipinski definition) is 5. The predicted octanol–water partition coefficient (Wildman–Crippen LogP) is 7.49. The van der Waals surface area contributed by atoms with Crippen molar-refractivity contribution in [2.45, 2.75) is 65.7 Å². The molecular weight excluding hydrogens is 474 g/mol. The Morgan fingerprint density at radius 1 is 0.895 bits per heavy atom. The lowest BCUT2D eigenvalue weighted by Crippen LogP contribution is -2.23. The number of ether oxygens (including phenoxy) is 2. The van der Waals surface area contributed by atoms with Crippen molar-refractivity contribution in [3.63, 3.8) is 0 Å². The highest BCUT2D eigenvalue weighted by Crippen LogP contribution is 2.40. The second kappa shape index (κ2) is 12.2. The highest BCUT2D eigenvalue weighted by molar-refractivity contribution is 6.01. The van der Waals surface area contributed by atoms with Crippen molar-refractivity contribution < 1.29 is 14.6 Å². The number of phenolic OH excluding ortho intramolecular Hbond substituents is 1. The lowest BCUT2D eigenvalue weighted by atomic mass is 9.78. The van der Waals surface area contributed by atoms with Crippen LogP contribution in [0, 0.1) is 0 Å². The first-order valence-electron chi connectivity index (χ1n) is 13.1. The average molecular weight is 516 g/mol. The Morgan fingerprint density at radius 3 is 2.08 bits per heavy atom. The summed E-state index contributed by atoms with van der Waals surface area (Å²) in [6, 6.07) is 19.5. The van der Waals surface area contributed by atoms with Crippen LogP contribution < -0.4 is 14.9 Å². The van der Waals surface area contributed by atoms with Crippen molar-refractivity contribution in [1.29, 1.82) is 0 Å². The van der Waals surface area contributed by atoms with Gasteiger partial charge in [0.25, 0.3) is 0 Å². The van der Waals surface area contributed by atoms with Gasteiger partial charge in [0.1, 0.15) is 5.75 Å². The third-order valence-corrected chi connectivity index (χ3v) is 6.03. The number of aromatic hydroxyl groups is 1. The van der Waals surface area contributed by atoms with Crippen LogP contribution in [-0.4, -0.2) is 30.9 Å². The summed E-state index contributed by atoms with van der Waals surface area (Å²) in [5, 5.41) is 15.7. The number of phenols is 1. The number of nitrogens with zero attached hydrogens (tertiary/aromatic N) is 2. The summed E-state index contributed by atoms with van der Waals surface area (Å²) >= 11 is 0. The zero-order chi connectivity index (χ0) is 27.9. The molecule has 0 bridgehead atoms. The first kappa shape index (κ1) is 28.8. The third-order valence-electron chi connectivity index (χ3n) is 6.03. The molecule has 202 valence electrons. The Hall–Kier alpha value is -3.80. The highest BCUT2D eigenvalue weighted by atomic mass is 16.5. The number of amidine groups is 1. The van der Waals surface area contributed by atoms with Gasteiger partial charge in [-0.1, -0.05) is 66.7 Å². The molecule has 0 saturated carbocycles. The minimum absolute atomic E-state index is 0.265. The molecule has 0 heterocycles. The lowest BCUT2D eigenvalue weighted by molar-refractivity contribution is 0.294. The van der Waals surface area contributed by atoms with Crippen molar-refractivity contribution >= 4 is 17.7 Å². The number of rotatable bonds is 8. The normalized spacial score (nSPS) is 12.6. The first-order chi connectivity index (χ1) is 17.9. The van der Waals surface area contributed by atoms with E-state index in [2.05, 4.69) is 59.0 Å². The molecule has 0 aliphatic carbocycles. The minimum atomic E-state index is -0.265. The molecule has 3 rings (SSSR count). The standard InChI is InChI=1S/C32H41N3O3/c1-9-17-38-27-16-15-22(18-28(27)37-8)21-33-35-30(34-24-13-11-10-12-14-24)23-19-25(31(2,3)4)29(36)26(20-23)32(5,6)7/h10-16,18-21,36H,9,17H2,1-8H3,(H,34,35). The topological polar surface area (TPSA) is 75.4 Å². The van der Waals surface area contributed by atoms with Crippen LogP contribution >= 0.6 is 0 Å². The van der Waals surface area contributed by atoms with Crippen LogP contribution in [0.3, 0.4) is 0 Å². The number of nitrogens with one attached hydrogen (secondary N) is 1. The second-order valence-electron chi connectivity index (χ2n) is 11.3. The van der Waals surface area contributed by atoms with Crippen LogP contribution in [0.5, 0.6) is 17.2 Å². The maximum Gasteiger partial charge on any atom is 0.161 e. The minimum Gasteiger partial charge on any atom is -0.507 e. The van der Waals surface area contributed by atoms with E-state index in [-0.39, 0.29) is 10.8 Å². The molecule has 0 spiro atoms. The van der Waals surface area contributed by atoms with Crippen LogP contribution in [0.15, 0.2) is 70.8 Å². The van der Waals surface area contributed by atoms with E-state index in [0.29, 0.717) is 29.7 Å². The van der Waals surface area contributed by atoms with E-state index < -0.39 is 0 Å². The van der Waals surface area contributed by atoms with Crippen molar-refractivity contribution in [2.75, 3.05) is 13.7 Å². The molecule has 0 radical (unpaired) electrons. The maximum atomic E-state index is 11.2. The van der Waals surface area contributed by atoms with E-state index in [1.807, 2.05) is 60.7 Å². The molecule has 0 saturated heterocycles. The predicted molar refractivity (Wildman–Crippen MR) is 158 cm³/mol. The van der Waals surface area contributed by atoms with Gasteiger partial charge in [-0.2, -0.15) is 5.10 Å². The Morgan fingerprint density at radius 2 is 1.53 bits per heavy atom. The molecule has 0 fully saturated rings. The number of para-hydroxylation sites is 1. The number of methoxy groups -OCH3 is 1. The van der Waals surface area contributed by atoms with E-state index >= 15 is 0 Å². The molecular formula is C32H41N3O3. The Kier molecular flexibility index (Phi) is 9.21. The molecule has 6 nitrogen and oxygen atoms in total. The first-order valence-corrected chi connectivity index (χ1v) is 13.1. The Bertz CT molecular complexity index is 1250. The number of hydrazone groups is 1. The molecule has 0 aliphatic rings. The van der Waals surface area contributed by atoms with Crippen molar-refractivity contribution in [1.82, 2.24) is 5.43 Å². The van der Waals surface area contributed by atoms with E-state index in [1.54, 1.807) is 13.3 Å². The zero-order valence-corrected chi connectivity index (χ0v) is 23.9. The van der Waals surface area contributed by atoms with Gasteiger partial charge in [-0.25, -0.2) is 4.99 Å². The fourth-order valence-corrected chi connectivity index (χ4v) is 3.96. The summed E-state index contributed by atoms with van der Waals surface area (Å²) in [5.74, 6) is 2.27. The quantitative estimate of drug-likeness (QED) is 0.185. The summed E-state index contributed by atoms with van der Waals surface area (Å²) in [5.41, 5.74) is 6.85. The van der Waals surface area contributed by atoms with E-state index in [1.165, 1.54) is 0 Å². The fourth-order valence-electron chi connectivity index (χ4n) is 3.96. The number of hydrogen-bond donors (Lipinski definition) is 2. The lowest BCUT2D eigenvalue weighted by Gasteiger charge is -2.28. The third kappa shape index (κ3) is 7.37. The van der Waals surface area contributed by atoms with Crippen LogP contribution in [0.1, 0.15) is 77.1 Å². The largest absolute Gasteiger partial charge is 0.507 e. The zero-order valence-electron chi connectivity index (χ0n) is 23.9. The number of aliphatic imine (C=N–C) groups is 1. The Labute approximate surface area is 227 Å². The van der Waals surface area contributed by atoms with Gasteiger partial charge in [0.15, 0.2) is 17.3 Å². The highest BCUT2D eigenvalue weighted by Gasteiger charge is 2.27. The smallest absolute Gasteiger partial charge is 0.161 e. The van der Waals surface area contributed by atoms with Crippen LogP contribution in [0.2, 0.25) is 0 Å². The molecule has 6 heteroatoms. The van der Waals surface area contributed by atoms with Gasteiger partial charge in [-0.3, -0.25) is 5.43 Å². The van der Waals surface area contributed by atoms with Crippen LogP contribution in [0.4, 0.5) is 5.69 Å². The van der Waals surface area contributed by atoms with Gasteiger partial charge in [-0.05, 0) is 65.3 Å². The SMILES string of the molecule is CCCOc1ccc(C=NNC(=Nc2ccccc2)c2cc(C(C)(C)C)c(O)c(C(C)(C)C)c2)cc1OC. The van der Waals surface area contributed by atoms with Gasteiger partial charge in [-0.15, -0.1) is 0 Å². The summed E-state index contributed by atoms with van der Waals surface area (Å²) in [7, 11) is 1.63. The summed E-state index contributed by atoms with van der Waals surface area (Å²) in [4.78, 5) is 4.88. The van der Waals surface area contributed by atoms with Crippen LogP contribution in [0.25, 0.3) is 0 Å². The molecule has 38 heavy (non-hydrogen) atoms. The summed E-state index contributed by atoms with van der Waals surface area (Å²) in [6.07, 6.45) is 2.65. The van der Waals surface area contributed by atoms with Gasteiger partial charge in [0.2, 0.25) is 0 Å². The van der Waals surface area contributed by atoms with E-state index in [9.17, 15) is 5.11 Å². The second-order valence-corrected chi connectivity index (χ2v) is 11.3. The van der Waals surface area contributed by atoms with Crippen molar-refractivity contribution in [3.8, 4) is 17.2 Å². The fraction of sp³-hybridized carbons (Fsp3) is 0.375. The van der Waals surface area contributed by atoms with Crippen LogP contribution in [-0.2, 0) is 10.8 Å². The van der Waals surface area contributed by atoms with E-state index in [4.69, 9.17) is 14.5 Å². The average Bonchev–Trinajstić information content (AvgIpc) is 2.86. The molecule has 2 N–H and O–H groups in total. The van der Waals surface area contributed by atoms with Gasteiger partial charge >= 0.3 is 0 Å². The Balaban J connectivity index is 2.05.